The van der Waals surface area contributed by atoms with Gasteiger partial charge >= 0.3 is 0 Å². The molecule has 0 N–H and O–H groups in total. The Labute approximate surface area is 108 Å². The Morgan fingerprint density at radius 3 is 2.58 bits per heavy atom. The number of carbonyl (C=O) groups excluding carboxylic acids is 1. The van der Waals surface area contributed by atoms with Crippen molar-refractivity contribution in [3.8, 4) is 5.75 Å². The molecule has 1 aromatic heterocycles. The quantitative estimate of drug-likeness (QED) is 0.779. The third kappa shape index (κ3) is 2.96. The van der Waals surface area contributed by atoms with Gasteiger partial charge < -0.3 is 9.30 Å². The minimum Gasteiger partial charge on any atom is -0.487 e. The number of aryl methyl sites for hydroxylation is 1. The maximum atomic E-state index is 13.5. The molecule has 0 fully saturated rings. The molecule has 0 aliphatic heterocycles. The van der Waals surface area contributed by atoms with E-state index in [9.17, 15) is 13.6 Å². The third-order valence-corrected chi connectivity index (χ3v) is 2.65. The monoisotopic (exact) mass is 266 g/mol. The van der Waals surface area contributed by atoms with Crippen molar-refractivity contribution < 1.29 is 18.3 Å². The largest absolute Gasteiger partial charge is 0.487 e. The molecule has 19 heavy (non-hydrogen) atoms. The maximum Gasteiger partial charge on any atom is 0.190 e. The normalized spacial score (nSPS) is 10.5. The number of rotatable bonds is 5. The van der Waals surface area contributed by atoms with Gasteiger partial charge in [0.05, 0.1) is 6.61 Å². The Balaban J connectivity index is 2.04. The van der Waals surface area contributed by atoms with Gasteiger partial charge in [0, 0.05) is 31.4 Å². The van der Waals surface area contributed by atoms with Gasteiger partial charge in [-0.15, -0.1) is 0 Å². The van der Waals surface area contributed by atoms with Crippen molar-refractivity contribution in [2.45, 2.75) is 6.42 Å². The van der Waals surface area contributed by atoms with Gasteiger partial charge in [0.25, 0.3) is 0 Å². The van der Waals surface area contributed by atoms with E-state index in [0.29, 0.717) is 12.7 Å². The van der Waals surface area contributed by atoms with Crippen molar-refractivity contribution >= 4 is 6.29 Å². The lowest BCUT2D eigenvalue weighted by Gasteiger charge is -2.08. The van der Waals surface area contributed by atoms with Gasteiger partial charge in [-0.25, -0.2) is 13.8 Å². The summed E-state index contributed by atoms with van der Waals surface area (Å²) in [6, 6.07) is 1.87. The van der Waals surface area contributed by atoms with Gasteiger partial charge in [-0.1, -0.05) is 0 Å². The summed E-state index contributed by atoms with van der Waals surface area (Å²) in [6.07, 6.45) is 4.21. The van der Waals surface area contributed by atoms with Crippen LogP contribution in [0.15, 0.2) is 24.5 Å². The highest BCUT2D eigenvalue weighted by Crippen LogP contribution is 2.22. The van der Waals surface area contributed by atoms with E-state index in [1.165, 1.54) is 0 Å². The van der Waals surface area contributed by atoms with E-state index in [-0.39, 0.29) is 12.2 Å². The molecular weight excluding hydrogens is 254 g/mol. The van der Waals surface area contributed by atoms with Crippen LogP contribution in [-0.2, 0) is 13.5 Å². The van der Waals surface area contributed by atoms with Crippen molar-refractivity contribution in [2.24, 2.45) is 7.05 Å². The highest BCUT2D eigenvalue weighted by Gasteiger charge is 2.12. The van der Waals surface area contributed by atoms with Gasteiger partial charge in [0.15, 0.2) is 17.4 Å². The molecule has 6 heteroatoms. The van der Waals surface area contributed by atoms with E-state index in [0.717, 1.165) is 18.0 Å². The van der Waals surface area contributed by atoms with Crippen molar-refractivity contribution in [2.75, 3.05) is 6.61 Å². The fraction of sp³-hybridized carbons (Fsp3) is 0.231. The average molecular weight is 266 g/mol. The molecule has 0 radical (unpaired) electrons. The summed E-state index contributed by atoms with van der Waals surface area (Å²) >= 11 is 0. The summed E-state index contributed by atoms with van der Waals surface area (Å²) in [7, 11) is 1.82. The van der Waals surface area contributed by atoms with Crippen LogP contribution in [0.5, 0.6) is 5.75 Å². The number of aldehydes is 1. The second-order valence-corrected chi connectivity index (χ2v) is 3.98. The van der Waals surface area contributed by atoms with E-state index < -0.39 is 17.4 Å². The van der Waals surface area contributed by atoms with Crippen molar-refractivity contribution in [1.29, 1.82) is 0 Å². The highest BCUT2D eigenvalue weighted by atomic mass is 19.1. The number of hydrogen-bond donors (Lipinski definition) is 0. The van der Waals surface area contributed by atoms with Gasteiger partial charge in [0.2, 0.25) is 0 Å². The topological polar surface area (TPSA) is 44.1 Å². The summed E-state index contributed by atoms with van der Waals surface area (Å²) in [6.45, 7) is 0.0964. The van der Waals surface area contributed by atoms with E-state index in [2.05, 4.69) is 4.98 Å². The van der Waals surface area contributed by atoms with Crippen LogP contribution in [0, 0.1) is 11.6 Å². The molecule has 2 rings (SSSR count). The minimum absolute atomic E-state index is 0.0635. The predicted octanol–water partition coefficient (Wildman–Crippen LogP) is 2.13. The Bertz CT molecular complexity index is 573. The van der Waals surface area contributed by atoms with Gasteiger partial charge in [-0.2, -0.15) is 0 Å². The molecule has 2 aromatic rings. The zero-order valence-electron chi connectivity index (χ0n) is 10.3. The summed E-state index contributed by atoms with van der Waals surface area (Å²) < 4.78 is 33.9. The predicted molar refractivity (Wildman–Crippen MR) is 64.2 cm³/mol. The third-order valence-electron chi connectivity index (χ3n) is 2.65. The molecule has 1 heterocycles. The number of carbonyl (C=O) groups is 1. The first kappa shape index (κ1) is 13.2. The Morgan fingerprint density at radius 2 is 2.05 bits per heavy atom. The van der Waals surface area contributed by atoms with E-state index in [1.54, 1.807) is 17.0 Å². The van der Waals surface area contributed by atoms with Crippen LogP contribution in [0.3, 0.4) is 0 Å². The molecule has 0 unspecified atom stereocenters. The second-order valence-electron chi connectivity index (χ2n) is 3.98. The summed E-state index contributed by atoms with van der Waals surface area (Å²) in [5.41, 5.74) is -0.0635. The number of imidazole rings is 1. The molecule has 0 saturated carbocycles. The second kappa shape index (κ2) is 5.60. The number of nitrogens with zero attached hydrogens (tertiary/aromatic N) is 2. The highest BCUT2D eigenvalue weighted by molar-refractivity contribution is 5.75. The number of aromatic nitrogens is 2. The van der Waals surface area contributed by atoms with Crippen LogP contribution < -0.4 is 4.74 Å². The SMILES string of the molecule is Cn1ccnc1CCOc1c(F)cc(C=O)cc1F. The van der Waals surface area contributed by atoms with E-state index >= 15 is 0 Å². The Hall–Kier alpha value is -2.24. The fourth-order valence-corrected chi connectivity index (χ4v) is 1.67. The molecule has 0 amide bonds. The number of ether oxygens (including phenoxy) is 1. The number of hydrogen-bond acceptors (Lipinski definition) is 3. The fourth-order valence-electron chi connectivity index (χ4n) is 1.67. The van der Waals surface area contributed by atoms with Gasteiger partial charge in [-0.3, -0.25) is 4.79 Å². The molecule has 0 spiro atoms. The lowest BCUT2D eigenvalue weighted by molar-refractivity contribution is 0.112. The van der Waals surface area contributed by atoms with Crippen LogP contribution in [0.4, 0.5) is 8.78 Å². The first-order chi connectivity index (χ1) is 9.11. The molecule has 0 bridgehead atoms. The van der Waals surface area contributed by atoms with Crippen LogP contribution in [-0.4, -0.2) is 22.4 Å². The molecule has 0 saturated heterocycles. The van der Waals surface area contributed by atoms with Crippen LogP contribution in [0.1, 0.15) is 16.2 Å². The lowest BCUT2D eigenvalue weighted by atomic mass is 10.2. The van der Waals surface area contributed by atoms with E-state index in [1.807, 2.05) is 7.05 Å². The molecular formula is C13H12F2N2O2. The number of halogens is 2. The molecule has 0 aliphatic carbocycles. The summed E-state index contributed by atoms with van der Waals surface area (Å²) in [5, 5.41) is 0. The molecule has 1 aromatic carbocycles. The van der Waals surface area contributed by atoms with Gasteiger partial charge in [-0.05, 0) is 12.1 Å². The van der Waals surface area contributed by atoms with Gasteiger partial charge in [0.1, 0.15) is 12.1 Å². The average Bonchev–Trinajstić information content (AvgIpc) is 2.78. The van der Waals surface area contributed by atoms with Crippen LogP contribution in [0.2, 0.25) is 0 Å². The zero-order valence-corrected chi connectivity index (χ0v) is 10.3. The smallest absolute Gasteiger partial charge is 0.190 e. The minimum atomic E-state index is -0.887. The van der Waals surface area contributed by atoms with Crippen LogP contribution in [0.25, 0.3) is 0 Å². The Morgan fingerprint density at radius 1 is 1.37 bits per heavy atom. The molecule has 0 aliphatic rings. The van der Waals surface area contributed by atoms with Crippen LogP contribution >= 0.6 is 0 Å². The lowest BCUT2D eigenvalue weighted by Crippen LogP contribution is -2.08. The molecule has 4 nitrogen and oxygen atoms in total. The molecule has 0 atom stereocenters. The first-order valence-electron chi connectivity index (χ1n) is 5.65. The molecule has 100 valence electrons. The summed E-state index contributed by atoms with van der Waals surface area (Å²) in [5.74, 6) is -1.49. The van der Waals surface area contributed by atoms with Crippen molar-refractivity contribution in [3.05, 3.63) is 47.5 Å². The van der Waals surface area contributed by atoms with E-state index in [4.69, 9.17) is 4.74 Å². The Kier molecular flexibility index (Phi) is 3.89. The maximum absolute atomic E-state index is 13.5. The van der Waals surface area contributed by atoms with Crippen molar-refractivity contribution in [1.82, 2.24) is 9.55 Å². The summed E-state index contributed by atoms with van der Waals surface area (Å²) in [4.78, 5) is 14.5. The first-order valence-corrected chi connectivity index (χ1v) is 5.65. The zero-order chi connectivity index (χ0) is 13.8. The standard InChI is InChI=1S/C13H12F2N2O2/c1-17-4-3-16-12(17)2-5-19-13-10(14)6-9(8-18)7-11(13)15/h3-4,6-8H,2,5H2,1H3. The number of benzene rings is 1. The van der Waals surface area contributed by atoms with Crippen molar-refractivity contribution in [3.63, 3.8) is 0 Å².